The molecule has 3 rings (SSSR count). The number of piperidine rings is 1. The molecule has 0 aromatic heterocycles. The Balaban J connectivity index is 1.57. The molecule has 1 aromatic carbocycles. The van der Waals surface area contributed by atoms with Gasteiger partial charge in [0, 0.05) is 36.0 Å². The molecule has 7 nitrogen and oxygen atoms in total. The Morgan fingerprint density at radius 1 is 1.25 bits per heavy atom. The highest BCUT2D eigenvalue weighted by Crippen LogP contribution is 2.46. The maximum absolute atomic E-state index is 13.5. The lowest BCUT2D eigenvalue weighted by molar-refractivity contribution is -0.162. The van der Waals surface area contributed by atoms with Gasteiger partial charge in [-0.3, -0.25) is 4.79 Å². The standard InChI is InChI=1S/C28H40ClN3O4/c1-19(2)24(31-26(34)30-16-14-20-6-12-23(36-5)13-7-20)25(33)32-17-15-28(35,27(3,4)18-32)21-8-10-22(29)11-9-21/h6-8,10-13,19,21,24,35H,9,14-18H2,1-5H3,(H2,30,31,34)/t21?,24-,28?/m1/s1. The van der Waals surface area contributed by atoms with Crippen LogP contribution >= 0.6 is 11.6 Å². The smallest absolute Gasteiger partial charge is 0.315 e. The van der Waals surface area contributed by atoms with Gasteiger partial charge in [-0.2, -0.15) is 0 Å². The molecule has 3 atom stereocenters. The molecule has 3 amide bonds. The summed E-state index contributed by atoms with van der Waals surface area (Å²) in [4.78, 5) is 27.9. The molecule has 1 aliphatic carbocycles. The number of benzene rings is 1. The van der Waals surface area contributed by atoms with E-state index in [0.29, 0.717) is 43.9 Å². The van der Waals surface area contributed by atoms with E-state index in [1.807, 2.05) is 70.2 Å². The van der Waals surface area contributed by atoms with Gasteiger partial charge in [-0.15, -0.1) is 0 Å². The minimum Gasteiger partial charge on any atom is -0.497 e. The van der Waals surface area contributed by atoms with Crippen LogP contribution in [0.25, 0.3) is 0 Å². The fraction of sp³-hybridized carbons (Fsp3) is 0.571. The molecule has 2 unspecified atom stereocenters. The van der Waals surface area contributed by atoms with E-state index in [-0.39, 0.29) is 23.8 Å². The summed E-state index contributed by atoms with van der Waals surface area (Å²) in [6.07, 6.45) is 7.57. The third-order valence-electron chi connectivity index (χ3n) is 7.58. The fourth-order valence-electron chi connectivity index (χ4n) is 5.18. The minimum absolute atomic E-state index is 0.0530. The molecule has 0 saturated carbocycles. The summed E-state index contributed by atoms with van der Waals surface area (Å²) >= 11 is 6.08. The van der Waals surface area contributed by atoms with Crippen LogP contribution in [0.2, 0.25) is 0 Å². The van der Waals surface area contributed by atoms with Gasteiger partial charge in [-0.1, -0.05) is 63.6 Å². The van der Waals surface area contributed by atoms with Crippen molar-refractivity contribution in [1.29, 1.82) is 0 Å². The number of nitrogens with zero attached hydrogens (tertiary/aromatic N) is 1. The predicted octanol–water partition coefficient (Wildman–Crippen LogP) is 4.25. The summed E-state index contributed by atoms with van der Waals surface area (Å²) in [5.74, 6) is 0.538. The zero-order chi connectivity index (χ0) is 26.5. The van der Waals surface area contributed by atoms with Crippen LogP contribution in [0.15, 0.2) is 47.5 Å². The van der Waals surface area contributed by atoms with E-state index >= 15 is 0 Å². The largest absolute Gasteiger partial charge is 0.497 e. The lowest BCUT2D eigenvalue weighted by Gasteiger charge is -2.54. The van der Waals surface area contributed by atoms with Gasteiger partial charge >= 0.3 is 6.03 Å². The molecule has 2 aliphatic rings. The van der Waals surface area contributed by atoms with Crippen LogP contribution in [0, 0.1) is 17.3 Å². The van der Waals surface area contributed by atoms with Crippen LogP contribution in [0.4, 0.5) is 4.79 Å². The molecule has 0 spiro atoms. The van der Waals surface area contributed by atoms with Gasteiger partial charge in [0.05, 0.1) is 12.7 Å². The first-order valence-electron chi connectivity index (χ1n) is 12.7. The number of rotatable bonds is 8. The van der Waals surface area contributed by atoms with Crippen molar-refractivity contribution in [1.82, 2.24) is 15.5 Å². The van der Waals surface area contributed by atoms with E-state index in [2.05, 4.69) is 10.6 Å². The minimum atomic E-state index is -0.950. The highest BCUT2D eigenvalue weighted by atomic mass is 35.5. The first-order valence-corrected chi connectivity index (χ1v) is 13.1. The Labute approximate surface area is 219 Å². The Hall–Kier alpha value is -2.51. The molecule has 0 radical (unpaired) electrons. The summed E-state index contributed by atoms with van der Waals surface area (Å²) in [6, 6.07) is 6.70. The Morgan fingerprint density at radius 2 is 1.94 bits per heavy atom. The Bertz CT molecular complexity index is 989. The maximum Gasteiger partial charge on any atom is 0.315 e. The van der Waals surface area contributed by atoms with Crippen molar-refractivity contribution in [3.05, 3.63) is 53.1 Å². The number of nitrogens with one attached hydrogen (secondary N) is 2. The number of allylic oxidation sites excluding steroid dienone is 3. The van der Waals surface area contributed by atoms with E-state index in [4.69, 9.17) is 16.3 Å². The number of hydrogen-bond acceptors (Lipinski definition) is 4. The Kier molecular flexibility index (Phi) is 9.12. The second kappa shape index (κ2) is 11.7. The van der Waals surface area contributed by atoms with Crippen molar-refractivity contribution in [3.63, 3.8) is 0 Å². The lowest BCUT2D eigenvalue weighted by atomic mass is 9.62. The third-order valence-corrected chi connectivity index (χ3v) is 7.86. The number of methoxy groups -OCH3 is 1. The Morgan fingerprint density at radius 3 is 2.50 bits per heavy atom. The quantitative estimate of drug-likeness (QED) is 0.481. The van der Waals surface area contributed by atoms with E-state index in [1.54, 1.807) is 12.0 Å². The van der Waals surface area contributed by atoms with Crippen LogP contribution < -0.4 is 15.4 Å². The third kappa shape index (κ3) is 6.43. The van der Waals surface area contributed by atoms with Crippen molar-refractivity contribution < 1.29 is 19.4 Å². The summed E-state index contributed by atoms with van der Waals surface area (Å²) in [5, 5.41) is 18.1. The second-order valence-corrected chi connectivity index (χ2v) is 11.3. The van der Waals surface area contributed by atoms with E-state index in [9.17, 15) is 14.7 Å². The van der Waals surface area contributed by atoms with Crippen molar-refractivity contribution >= 4 is 23.5 Å². The van der Waals surface area contributed by atoms with Crippen molar-refractivity contribution in [2.24, 2.45) is 17.3 Å². The molecule has 1 fully saturated rings. The molecule has 1 aliphatic heterocycles. The average molecular weight is 518 g/mol. The van der Waals surface area contributed by atoms with Gasteiger partial charge in [-0.25, -0.2) is 4.79 Å². The molecule has 36 heavy (non-hydrogen) atoms. The van der Waals surface area contributed by atoms with Gasteiger partial charge in [0.1, 0.15) is 11.8 Å². The number of likely N-dealkylation sites (tertiary alicyclic amines) is 1. The van der Waals surface area contributed by atoms with Crippen molar-refractivity contribution in [2.45, 2.75) is 58.6 Å². The molecular weight excluding hydrogens is 478 g/mol. The van der Waals surface area contributed by atoms with Crippen LogP contribution in [0.5, 0.6) is 5.75 Å². The van der Waals surface area contributed by atoms with Crippen LogP contribution in [-0.4, -0.2) is 60.3 Å². The molecule has 1 saturated heterocycles. The average Bonchev–Trinajstić information content (AvgIpc) is 2.84. The SMILES string of the molecule is COc1ccc(CCNC(=O)N[C@@H](C(=O)N2CCC(O)(C3C=CC(Cl)=CC3)C(C)(C)C2)C(C)C)cc1. The number of carbonyl (C=O) groups is 2. The normalized spacial score (nSPS) is 24.2. The molecule has 1 heterocycles. The summed E-state index contributed by atoms with van der Waals surface area (Å²) in [5.41, 5.74) is -0.398. The molecule has 1 aromatic rings. The van der Waals surface area contributed by atoms with E-state index in [0.717, 1.165) is 11.3 Å². The van der Waals surface area contributed by atoms with Crippen LogP contribution in [0.1, 0.15) is 46.1 Å². The fourth-order valence-corrected chi connectivity index (χ4v) is 5.34. The van der Waals surface area contributed by atoms with Crippen LogP contribution in [0.3, 0.4) is 0 Å². The van der Waals surface area contributed by atoms with Crippen molar-refractivity contribution in [3.8, 4) is 5.75 Å². The van der Waals surface area contributed by atoms with Gasteiger partial charge in [0.25, 0.3) is 0 Å². The summed E-state index contributed by atoms with van der Waals surface area (Å²) in [6.45, 7) is 9.16. The predicted molar refractivity (Wildman–Crippen MR) is 143 cm³/mol. The summed E-state index contributed by atoms with van der Waals surface area (Å²) in [7, 11) is 1.63. The highest BCUT2D eigenvalue weighted by molar-refractivity contribution is 6.31. The van der Waals surface area contributed by atoms with Gasteiger partial charge in [0.2, 0.25) is 5.91 Å². The number of carbonyl (C=O) groups excluding carboxylic acids is 2. The lowest BCUT2D eigenvalue weighted by Crippen LogP contribution is -2.64. The van der Waals surface area contributed by atoms with Gasteiger partial charge in [0.15, 0.2) is 0 Å². The monoisotopic (exact) mass is 517 g/mol. The zero-order valence-corrected chi connectivity index (χ0v) is 22.8. The topological polar surface area (TPSA) is 90.9 Å². The number of amides is 3. The first-order chi connectivity index (χ1) is 17.0. The number of urea groups is 1. The highest BCUT2D eigenvalue weighted by Gasteiger charge is 2.52. The second-order valence-electron chi connectivity index (χ2n) is 10.8. The maximum atomic E-state index is 13.5. The van der Waals surface area contributed by atoms with E-state index in [1.165, 1.54) is 0 Å². The number of halogens is 1. The molecule has 8 heteroatoms. The van der Waals surface area contributed by atoms with Gasteiger partial charge < -0.3 is 25.4 Å². The molecule has 198 valence electrons. The zero-order valence-electron chi connectivity index (χ0n) is 22.0. The number of aliphatic hydroxyl groups is 1. The molecule has 0 bridgehead atoms. The first kappa shape index (κ1) is 28.1. The number of hydrogen-bond donors (Lipinski definition) is 3. The van der Waals surface area contributed by atoms with E-state index < -0.39 is 17.1 Å². The molecular formula is C28H40ClN3O4. The molecule has 3 N–H and O–H groups in total. The number of ether oxygens (including phenoxy) is 1. The van der Waals surface area contributed by atoms with Gasteiger partial charge in [-0.05, 0) is 49.0 Å². The van der Waals surface area contributed by atoms with Crippen LogP contribution in [-0.2, 0) is 11.2 Å². The van der Waals surface area contributed by atoms with Crippen molar-refractivity contribution in [2.75, 3.05) is 26.7 Å². The summed E-state index contributed by atoms with van der Waals surface area (Å²) < 4.78 is 5.17.